The lowest BCUT2D eigenvalue weighted by Crippen LogP contribution is -2.67. The largest absolute Gasteiger partial charge is 0.495 e. The van der Waals surface area contributed by atoms with Crippen molar-refractivity contribution in [2.24, 2.45) is 0 Å². The van der Waals surface area contributed by atoms with Crippen LogP contribution in [-0.4, -0.2) is 73.1 Å². The zero-order valence-corrected chi connectivity index (χ0v) is 19.4. The van der Waals surface area contributed by atoms with Crippen LogP contribution in [0.4, 0.5) is 13.2 Å². The smallest absolute Gasteiger partial charge is 0.390 e. The van der Waals surface area contributed by atoms with Gasteiger partial charge in [0.25, 0.3) is 0 Å². The van der Waals surface area contributed by atoms with Crippen molar-refractivity contribution in [1.82, 2.24) is 9.80 Å². The zero-order valence-electron chi connectivity index (χ0n) is 19.4. The highest BCUT2D eigenvalue weighted by atomic mass is 19.4. The molecule has 2 fully saturated rings. The van der Waals surface area contributed by atoms with Crippen molar-refractivity contribution in [3.8, 4) is 17.6 Å². The first-order valence-corrected chi connectivity index (χ1v) is 11.8. The second kappa shape index (κ2) is 10.8. The molecule has 4 nitrogen and oxygen atoms in total. The number of methoxy groups -OCH3 is 1. The average molecular weight is 473 g/mol. The molecule has 0 spiro atoms. The number of aliphatic hydroxyl groups excluding tert-OH is 1. The highest BCUT2D eigenvalue weighted by Gasteiger charge is 2.49. The molecule has 2 aromatic rings. The predicted molar refractivity (Wildman–Crippen MR) is 126 cm³/mol. The molecule has 182 valence electrons. The van der Waals surface area contributed by atoms with Gasteiger partial charge in [0.15, 0.2) is 0 Å². The van der Waals surface area contributed by atoms with Crippen LogP contribution in [-0.2, 0) is 0 Å². The SMILES string of the molecule is COc1ccccc1C#Cc1ccc([C@@H]2[C@H]3CN(CCC(F)(F)F)CCCCN3[C@H]2CO)cc1. The van der Waals surface area contributed by atoms with Crippen LogP contribution in [0.15, 0.2) is 48.5 Å². The Kier molecular flexibility index (Phi) is 7.82. The number of halogens is 3. The van der Waals surface area contributed by atoms with Crippen molar-refractivity contribution >= 4 is 0 Å². The van der Waals surface area contributed by atoms with Gasteiger partial charge in [0, 0.05) is 36.7 Å². The first kappa shape index (κ1) is 24.6. The van der Waals surface area contributed by atoms with Crippen LogP contribution in [0.2, 0.25) is 0 Å². The number of nitrogens with zero attached hydrogens (tertiary/aromatic N) is 2. The van der Waals surface area contributed by atoms with Gasteiger partial charge in [-0.25, -0.2) is 0 Å². The molecule has 1 N–H and O–H groups in total. The van der Waals surface area contributed by atoms with Gasteiger partial charge in [-0.1, -0.05) is 36.1 Å². The van der Waals surface area contributed by atoms with Crippen molar-refractivity contribution in [3.63, 3.8) is 0 Å². The van der Waals surface area contributed by atoms with Crippen molar-refractivity contribution in [3.05, 3.63) is 65.2 Å². The Morgan fingerprint density at radius 3 is 2.47 bits per heavy atom. The molecule has 0 aliphatic carbocycles. The molecule has 2 aromatic carbocycles. The van der Waals surface area contributed by atoms with Gasteiger partial charge in [-0.2, -0.15) is 13.2 Å². The van der Waals surface area contributed by atoms with Crippen molar-refractivity contribution in [2.75, 3.05) is 39.9 Å². The summed E-state index contributed by atoms with van der Waals surface area (Å²) in [6.45, 7) is 2.23. The molecule has 0 amide bonds. The third kappa shape index (κ3) is 5.75. The summed E-state index contributed by atoms with van der Waals surface area (Å²) in [7, 11) is 1.62. The van der Waals surface area contributed by atoms with E-state index in [1.54, 1.807) is 7.11 Å². The molecule has 7 heteroatoms. The minimum atomic E-state index is -4.14. The number of fused-ring (bicyclic) bond motifs is 1. The van der Waals surface area contributed by atoms with Crippen LogP contribution in [0.1, 0.15) is 41.9 Å². The maximum atomic E-state index is 12.8. The monoisotopic (exact) mass is 472 g/mol. The third-order valence-corrected chi connectivity index (χ3v) is 6.91. The van der Waals surface area contributed by atoms with Gasteiger partial charge in [0.1, 0.15) is 5.75 Å². The van der Waals surface area contributed by atoms with Crippen molar-refractivity contribution in [2.45, 2.75) is 43.4 Å². The predicted octanol–water partition coefficient (Wildman–Crippen LogP) is 4.27. The van der Waals surface area contributed by atoms with E-state index in [2.05, 4.69) is 16.7 Å². The lowest BCUT2D eigenvalue weighted by Gasteiger charge is -2.57. The molecular formula is C27H31F3N2O2. The van der Waals surface area contributed by atoms with E-state index in [0.717, 1.165) is 41.8 Å². The van der Waals surface area contributed by atoms with Gasteiger partial charge < -0.3 is 14.7 Å². The van der Waals surface area contributed by atoms with Gasteiger partial charge in [0.2, 0.25) is 0 Å². The van der Waals surface area contributed by atoms with Gasteiger partial charge in [-0.15, -0.1) is 0 Å². The maximum absolute atomic E-state index is 12.8. The summed E-state index contributed by atoms with van der Waals surface area (Å²) >= 11 is 0. The Labute approximate surface area is 199 Å². The topological polar surface area (TPSA) is 35.9 Å². The number of hydrogen-bond donors (Lipinski definition) is 1. The van der Waals surface area contributed by atoms with Crippen LogP contribution in [0, 0.1) is 11.8 Å². The molecule has 4 rings (SSSR count). The fraction of sp³-hybridized carbons (Fsp3) is 0.481. The number of ether oxygens (including phenoxy) is 1. The lowest BCUT2D eigenvalue weighted by molar-refractivity contribution is -0.140. The summed E-state index contributed by atoms with van der Waals surface area (Å²) < 4.78 is 43.8. The van der Waals surface area contributed by atoms with Crippen LogP contribution >= 0.6 is 0 Å². The van der Waals surface area contributed by atoms with E-state index in [0.29, 0.717) is 13.1 Å². The van der Waals surface area contributed by atoms with E-state index >= 15 is 0 Å². The van der Waals surface area contributed by atoms with Crippen LogP contribution < -0.4 is 4.74 Å². The first-order chi connectivity index (χ1) is 16.4. The average Bonchev–Trinajstić information content (AvgIpc) is 2.81. The fourth-order valence-electron chi connectivity index (χ4n) is 5.18. The number of aliphatic hydroxyl groups is 1. The van der Waals surface area contributed by atoms with E-state index in [9.17, 15) is 18.3 Å². The van der Waals surface area contributed by atoms with E-state index in [1.165, 1.54) is 0 Å². The Morgan fingerprint density at radius 2 is 1.76 bits per heavy atom. The number of alkyl halides is 3. The van der Waals surface area contributed by atoms with Crippen molar-refractivity contribution in [1.29, 1.82) is 0 Å². The summed E-state index contributed by atoms with van der Waals surface area (Å²) in [6, 6.07) is 15.7. The van der Waals surface area contributed by atoms with E-state index < -0.39 is 12.6 Å². The van der Waals surface area contributed by atoms with Crippen LogP contribution in [0.3, 0.4) is 0 Å². The molecule has 0 saturated carbocycles. The molecule has 0 unspecified atom stereocenters. The van der Waals surface area contributed by atoms with Crippen LogP contribution in [0.5, 0.6) is 5.75 Å². The molecule has 2 heterocycles. The second-order valence-electron chi connectivity index (χ2n) is 9.03. The summed E-state index contributed by atoms with van der Waals surface area (Å²) in [5, 5.41) is 10.1. The summed E-state index contributed by atoms with van der Waals surface area (Å²) in [5.41, 5.74) is 2.79. The Hall–Kier alpha value is -2.53. The Bertz CT molecular complexity index is 1010. The van der Waals surface area contributed by atoms with Gasteiger partial charge >= 0.3 is 6.18 Å². The minimum absolute atomic E-state index is 0.00178. The molecular weight excluding hydrogens is 441 g/mol. The molecule has 3 atom stereocenters. The second-order valence-corrected chi connectivity index (χ2v) is 9.03. The lowest BCUT2D eigenvalue weighted by atomic mass is 9.74. The molecule has 2 aliphatic heterocycles. The number of rotatable bonds is 5. The summed E-state index contributed by atoms with van der Waals surface area (Å²) in [5.74, 6) is 7.14. The standard InChI is InChI=1S/C27H31F3N2O2/c1-34-25-7-3-2-6-21(25)11-8-20-9-12-22(13-10-20)26-23-18-31(17-14-27(28,29)30)15-4-5-16-32(23)24(26)19-33/h2-3,6-7,9-10,12-13,23-24,26,33H,4-5,14-19H2,1H3/t23-,24+,26-/m1/s1. The number of benzene rings is 2. The first-order valence-electron chi connectivity index (χ1n) is 11.8. The van der Waals surface area contributed by atoms with E-state index in [1.807, 2.05) is 53.4 Å². The molecule has 2 saturated heterocycles. The van der Waals surface area contributed by atoms with Gasteiger partial charge in [-0.05, 0) is 55.8 Å². The maximum Gasteiger partial charge on any atom is 0.390 e. The van der Waals surface area contributed by atoms with E-state index in [-0.39, 0.29) is 31.2 Å². The zero-order chi connectivity index (χ0) is 24.1. The van der Waals surface area contributed by atoms with Crippen LogP contribution in [0.25, 0.3) is 0 Å². The van der Waals surface area contributed by atoms with Gasteiger partial charge in [-0.3, -0.25) is 4.90 Å². The quantitative estimate of drug-likeness (QED) is 0.660. The number of hydrogen-bond acceptors (Lipinski definition) is 4. The Morgan fingerprint density at radius 1 is 1.03 bits per heavy atom. The number of para-hydroxylation sites is 1. The van der Waals surface area contributed by atoms with Gasteiger partial charge in [0.05, 0.1) is 25.7 Å². The fourth-order valence-corrected chi connectivity index (χ4v) is 5.18. The molecule has 0 bridgehead atoms. The summed E-state index contributed by atoms with van der Waals surface area (Å²) in [4.78, 5) is 4.22. The van der Waals surface area contributed by atoms with E-state index in [4.69, 9.17) is 4.74 Å². The molecule has 0 aromatic heterocycles. The Balaban J connectivity index is 1.49. The third-order valence-electron chi connectivity index (χ3n) is 6.91. The molecule has 0 radical (unpaired) electrons. The van der Waals surface area contributed by atoms with Crippen molar-refractivity contribution < 1.29 is 23.0 Å². The normalized spacial score (nSPS) is 23.6. The highest BCUT2D eigenvalue weighted by Crippen LogP contribution is 2.42. The molecule has 34 heavy (non-hydrogen) atoms. The molecule has 2 aliphatic rings. The summed E-state index contributed by atoms with van der Waals surface area (Å²) in [6.07, 6.45) is -3.12. The highest BCUT2D eigenvalue weighted by molar-refractivity contribution is 5.50. The minimum Gasteiger partial charge on any atom is -0.495 e.